The average molecular weight is 300 g/mol. The lowest BCUT2D eigenvalue weighted by Crippen LogP contribution is -2.43. The Balaban J connectivity index is 2.03. The molecule has 0 N–H and O–H groups in total. The second-order valence-electron chi connectivity index (χ2n) is 6.10. The smallest absolute Gasteiger partial charge is 0.184 e. The van der Waals surface area contributed by atoms with Crippen molar-refractivity contribution in [3.05, 3.63) is 35.9 Å². The zero-order valence-corrected chi connectivity index (χ0v) is 13.6. The molecule has 2 atom stereocenters. The molecule has 1 saturated heterocycles. The Morgan fingerprint density at radius 2 is 2.05 bits per heavy atom. The van der Waals surface area contributed by atoms with Crippen LogP contribution in [0, 0.1) is 17.3 Å². The summed E-state index contributed by atoms with van der Waals surface area (Å²) in [6, 6.07) is 9.86. The maximum absolute atomic E-state index is 12.5. The zero-order chi connectivity index (χ0) is 16.0. The van der Waals surface area contributed by atoms with Crippen LogP contribution in [-0.2, 0) is 14.3 Å². The van der Waals surface area contributed by atoms with Crippen LogP contribution >= 0.6 is 0 Å². The monoisotopic (exact) mass is 300 g/mol. The van der Waals surface area contributed by atoms with Crippen molar-refractivity contribution in [2.75, 3.05) is 6.61 Å². The Morgan fingerprint density at radius 1 is 1.32 bits per heavy atom. The molecular weight excluding hydrogens is 276 g/mol. The summed E-state index contributed by atoms with van der Waals surface area (Å²) >= 11 is 0. The predicted octanol–water partition coefficient (Wildman–Crippen LogP) is 3.89. The molecule has 118 valence electrons. The van der Waals surface area contributed by atoms with E-state index in [0.29, 0.717) is 19.4 Å². The summed E-state index contributed by atoms with van der Waals surface area (Å²) in [5, 5.41) is 0. The lowest BCUT2D eigenvalue weighted by Gasteiger charge is -2.39. The van der Waals surface area contributed by atoms with Gasteiger partial charge < -0.3 is 9.47 Å². The van der Waals surface area contributed by atoms with E-state index >= 15 is 0 Å². The molecule has 22 heavy (non-hydrogen) atoms. The second kappa shape index (κ2) is 7.58. The molecule has 0 spiro atoms. The molecule has 1 aliphatic rings. The fraction of sp³-hybridized carbons (Fsp3) is 0.526. The van der Waals surface area contributed by atoms with Crippen LogP contribution in [0.4, 0.5) is 0 Å². The summed E-state index contributed by atoms with van der Waals surface area (Å²) in [7, 11) is 0. The summed E-state index contributed by atoms with van der Waals surface area (Å²) in [5.41, 5.74) is 0.471. The molecule has 1 aromatic rings. The van der Waals surface area contributed by atoms with Crippen LogP contribution in [0.3, 0.4) is 0 Å². The van der Waals surface area contributed by atoms with Gasteiger partial charge in [0, 0.05) is 23.8 Å². The third-order valence-electron chi connectivity index (χ3n) is 4.19. The van der Waals surface area contributed by atoms with Crippen molar-refractivity contribution >= 4 is 5.78 Å². The van der Waals surface area contributed by atoms with Crippen molar-refractivity contribution in [1.82, 2.24) is 0 Å². The fourth-order valence-corrected chi connectivity index (χ4v) is 2.66. The van der Waals surface area contributed by atoms with Gasteiger partial charge in [0.05, 0.1) is 12.7 Å². The van der Waals surface area contributed by atoms with Gasteiger partial charge in [-0.25, -0.2) is 0 Å². The van der Waals surface area contributed by atoms with E-state index in [0.717, 1.165) is 12.0 Å². The van der Waals surface area contributed by atoms with Crippen LogP contribution in [0.5, 0.6) is 0 Å². The van der Waals surface area contributed by atoms with Crippen molar-refractivity contribution in [3.8, 4) is 11.8 Å². The molecular formula is C19H24O3. The topological polar surface area (TPSA) is 35.5 Å². The minimum absolute atomic E-state index is 0.131. The van der Waals surface area contributed by atoms with Gasteiger partial charge in [0.15, 0.2) is 6.29 Å². The van der Waals surface area contributed by atoms with E-state index in [4.69, 9.17) is 9.47 Å². The molecule has 1 aliphatic heterocycles. The van der Waals surface area contributed by atoms with Crippen molar-refractivity contribution in [3.63, 3.8) is 0 Å². The molecule has 1 heterocycles. The van der Waals surface area contributed by atoms with E-state index in [1.165, 1.54) is 0 Å². The highest BCUT2D eigenvalue weighted by Crippen LogP contribution is 2.36. The largest absolute Gasteiger partial charge is 0.348 e. The molecule has 3 heteroatoms. The van der Waals surface area contributed by atoms with Crippen LogP contribution < -0.4 is 0 Å². The van der Waals surface area contributed by atoms with Gasteiger partial charge in [-0.2, -0.15) is 0 Å². The van der Waals surface area contributed by atoms with Crippen LogP contribution in [0.1, 0.15) is 51.9 Å². The second-order valence-corrected chi connectivity index (χ2v) is 6.10. The average Bonchev–Trinajstić information content (AvgIpc) is 2.56. The maximum atomic E-state index is 12.5. The van der Waals surface area contributed by atoms with Crippen molar-refractivity contribution in [2.45, 2.75) is 52.4 Å². The molecule has 0 aromatic heterocycles. The van der Waals surface area contributed by atoms with Gasteiger partial charge in [-0.15, -0.1) is 11.8 Å². The van der Waals surface area contributed by atoms with Gasteiger partial charge in [-0.05, 0) is 13.3 Å². The first-order valence-corrected chi connectivity index (χ1v) is 7.80. The fourth-order valence-electron chi connectivity index (χ4n) is 2.66. The Bertz CT molecular complexity index is 551. The lowest BCUT2D eigenvalue weighted by atomic mass is 9.78. The van der Waals surface area contributed by atoms with E-state index in [-0.39, 0.29) is 18.2 Å². The quantitative estimate of drug-likeness (QED) is 0.774. The van der Waals surface area contributed by atoms with E-state index < -0.39 is 5.41 Å². The molecule has 0 bridgehead atoms. The third-order valence-corrected chi connectivity index (χ3v) is 4.19. The first-order chi connectivity index (χ1) is 10.6. The number of ketones is 1. The first kappa shape index (κ1) is 16.7. The van der Waals surface area contributed by atoms with Gasteiger partial charge in [0.1, 0.15) is 5.78 Å². The Morgan fingerprint density at radius 3 is 2.73 bits per heavy atom. The van der Waals surface area contributed by atoms with Crippen LogP contribution in [-0.4, -0.2) is 18.5 Å². The van der Waals surface area contributed by atoms with Crippen LogP contribution in [0.15, 0.2) is 30.3 Å². The maximum Gasteiger partial charge on any atom is 0.184 e. The number of Topliss-reactive ketones (excluding diaryl/α,β-unsaturated/α-hetero) is 1. The Kier molecular flexibility index (Phi) is 5.76. The Labute approximate surface area is 133 Å². The van der Waals surface area contributed by atoms with E-state index in [9.17, 15) is 4.79 Å². The summed E-state index contributed by atoms with van der Waals surface area (Å²) in [5.74, 6) is 5.98. The number of carbonyl (C=O) groups excluding carboxylic acids is 1. The third kappa shape index (κ3) is 3.97. The molecule has 0 unspecified atom stereocenters. The van der Waals surface area contributed by atoms with E-state index in [2.05, 4.69) is 11.8 Å². The summed E-state index contributed by atoms with van der Waals surface area (Å²) < 4.78 is 11.8. The number of ether oxygens (including phenoxy) is 2. The highest BCUT2D eigenvalue weighted by Gasteiger charge is 2.40. The molecule has 2 rings (SSSR count). The number of rotatable bonds is 5. The summed E-state index contributed by atoms with van der Waals surface area (Å²) in [4.78, 5) is 12.5. The molecule has 0 aliphatic carbocycles. The van der Waals surface area contributed by atoms with Crippen LogP contribution in [0.2, 0.25) is 0 Å². The molecule has 0 amide bonds. The Hall–Kier alpha value is -1.63. The minimum Gasteiger partial charge on any atom is -0.348 e. The van der Waals surface area contributed by atoms with Crippen molar-refractivity contribution < 1.29 is 14.3 Å². The highest BCUT2D eigenvalue weighted by atomic mass is 16.7. The molecule has 0 radical (unpaired) electrons. The SMILES string of the molecule is CC#CCCC(=O)C(C)(C)[C@@H]1CCO[C@H](c2ccccc2)O1. The normalized spacial score (nSPS) is 21.8. The van der Waals surface area contributed by atoms with E-state index in [1.54, 1.807) is 6.92 Å². The minimum atomic E-state index is -0.522. The standard InChI is InChI=1S/C19H24O3/c1-4-5-7-12-16(20)19(2,3)17-13-14-21-18(22-17)15-10-8-6-9-11-15/h6,8-11,17-18H,7,12-14H2,1-3H3/t17-,18-/m0/s1. The number of hydrogen-bond donors (Lipinski definition) is 0. The van der Waals surface area contributed by atoms with Gasteiger partial charge in [0.2, 0.25) is 0 Å². The molecule has 1 aromatic carbocycles. The van der Waals surface area contributed by atoms with Crippen molar-refractivity contribution in [1.29, 1.82) is 0 Å². The van der Waals surface area contributed by atoms with Gasteiger partial charge in [0.25, 0.3) is 0 Å². The summed E-state index contributed by atoms with van der Waals surface area (Å²) in [6.07, 6.45) is 1.31. The molecule has 1 fully saturated rings. The zero-order valence-electron chi connectivity index (χ0n) is 13.6. The number of hydrogen-bond acceptors (Lipinski definition) is 3. The highest BCUT2D eigenvalue weighted by molar-refractivity contribution is 5.84. The van der Waals surface area contributed by atoms with Gasteiger partial charge in [-0.3, -0.25) is 4.79 Å². The molecule has 3 nitrogen and oxygen atoms in total. The predicted molar refractivity (Wildman–Crippen MR) is 86.1 cm³/mol. The van der Waals surface area contributed by atoms with Crippen LogP contribution in [0.25, 0.3) is 0 Å². The molecule has 0 saturated carbocycles. The number of carbonyl (C=O) groups is 1. The van der Waals surface area contributed by atoms with Gasteiger partial charge >= 0.3 is 0 Å². The summed E-state index contributed by atoms with van der Waals surface area (Å²) in [6.45, 7) is 6.33. The number of benzene rings is 1. The van der Waals surface area contributed by atoms with Crippen molar-refractivity contribution in [2.24, 2.45) is 5.41 Å². The van der Waals surface area contributed by atoms with Gasteiger partial charge in [-0.1, -0.05) is 44.2 Å². The lowest BCUT2D eigenvalue weighted by molar-refractivity contribution is -0.238. The van der Waals surface area contributed by atoms with E-state index in [1.807, 2.05) is 44.2 Å². The first-order valence-electron chi connectivity index (χ1n) is 7.80.